The van der Waals surface area contributed by atoms with Gasteiger partial charge in [0.2, 0.25) is 5.89 Å². The minimum absolute atomic E-state index is 0.103. The number of rotatable bonds is 6. The van der Waals surface area contributed by atoms with E-state index in [0.29, 0.717) is 11.8 Å². The van der Waals surface area contributed by atoms with Crippen LogP contribution in [0.3, 0.4) is 0 Å². The van der Waals surface area contributed by atoms with Gasteiger partial charge in [0.1, 0.15) is 0 Å². The van der Waals surface area contributed by atoms with E-state index in [-0.39, 0.29) is 11.5 Å². The Labute approximate surface area is 125 Å². The van der Waals surface area contributed by atoms with E-state index in [1.807, 2.05) is 6.07 Å². The maximum atomic E-state index is 6.18. The Morgan fingerprint density at radius 3 is 2.48 bits per heavy atom. The van der Waals surface area contributed by atoms with Crippen molar-refractivity contribution in [3.63, 3.8) is 0 Å². The van der Waals surface area contributed by atoms with Gasteiger partial charge in [-0.05, 0) is 37.2 Å². The molecule has 0 radical (unpaired) electrons. The molecule has 3 rings (SSSR count). The summed E-state index contributed by atoms with van der Waals surface area (Å²) in [5, 5.41) is 4.27. The average molecular weight is 285 g/mol. The van der Waals surface area contributed by atoms with E-state index in [0.717, 1.165) is 18.7 Å². The second-order valence-electron chi connectivity index (χ2n) is 5.97. The highest BCUT2D eigenvalue weighted by molar-refractivity contribution is 5.32. The van der Waals surface area contributed by atoms with Gasteiger partial charge in [0.05, 0.1) is 11.5 Å². The van der Waals surface area contributed by atoms with Crippen LogP contribution in [-0.4, -0.2) is 10.1 Å². The van der Waals surface area contributed by atoms with Crippen LogP contribution >= 0.6 is 0 Å². The van der Waals surface area contributed by atoms with Gasteiger partial charge < -0.3 is 10.3 Å². The second-order valence-corrected chi connectivity index (χ2v) is 5.97. The number of nitrogens with two attached hydrogens (primary N) is 1. The van der Waals surface area contributed by atoms with Crippen molar-refractivity contribution in [2.24, 2.45) is 11.7 Å². The molecular weight excluding hydrogens is 262 g/mol. The van der Waals surface area contributed by atoms with E-state index in [9.17, 15) is 0 Å². The molecule has 1 saturated carbocycles. The number of hydrogen-bond donors (Lipinski definition) is 1. The SMILES string of the molecule is CCC(CC)(c1ccccc1)c1noc(C(N)C2CC2)n1. The maximum Gasteiger partial charge on any atom is 0.243 e. The van der Waals surface area contributed by atoms with Crippen LogP contribution in [0, 0.1) is 5.92 Å². The summed E-state index contributed by atoms with van der Waals surface area (Å²) >= 11 is 0. The molecule has 1 aliphatic rings. The molecule has 1 aliphatic carbocycles. The number of benzene rings is 1. The fourth-order valence-corrected chi connectivity index (χ4v) is 3.08. The molecule has 1 unspecified atom stereocenters. The average Bonchev–Trinajstić information content (AvgIpc) is 3.27. The molecule has 1 fully saturated rings. The predicted molar refractivity (Wildman–Crippen MR) is 81.8 cm³/mol. The monoisotopic (exact) mass is 285 g/mol. The Hall–Kier alpha value is -1.68. The zero-order valence-corrected chi connectivity index (χ0v) is 12.7. The van der Waals surface area contributed by atoms with Crippen molar-refractivity contribution in [3.8, 4) is 0 Å². The lowest BCUT2D eigenvalue weighted by Crippen LogP contribution is -2.27. The van der Waals surface area contributed by atoms with Crippen LogP contribution in [0.5, 0.6) is 0 Å². The summed E-state index contributed by atoms with van der Waals surface area (Å²) in [6, 6.07) is 10.3. The molecule has 21 heavy (non-hydrogen) atoms. The van der Waals surface area contributed by atoms with Gasteiger partial charge in [0, 0.05) is 0 Å². The van der Waals surface area contributed by atoms with Crippen molar-refractivity contribution in [1.82, 2.24) is 10.1 Å². The van der Waals surface area contributed by atoms with Crippen LogP contribution in [0.25, 0.3) is 0 Å². The summed E-state index contributed by atoms with van der Waals surface area (Å²) in [5.41, 5.74) is 7.23. The molecule has 1 aromatic heterocycles. The van der Waals surface area contributed by atoms with Crippen molar-refractivity contribution in [1.29, 1.82) is 0 Å². The normalized spacial score (nSPS) is 16.9. The fourth-order valence-electron chi connectivity index (χ4n) is 3.08. The summed E-state index contributed by atoms with van der Waals surface area (Å²) in [6.45, 7) is 4.35. The summed E-state index contributed by atoms with van der Waals surface area (Å²) in [5.74, 6) is 1.88. The van der Waals surface area contributed by atoms with Gasteiger partial charge in [0.15, 0.2) is 5.82 Å². The quantitative estimate of drug-likeness (QED) is 0.881. The molecule has 0 aliphatic heterocycles. The third-order valence-electron chi connectivity index (χ3n) is 4.82. The fraction of sp³-hybridized carbons (Fsp3) is 0.529. The molecule has 1 heterocycles. The van der Waals surface area contributed by atoms with Gasteiger partial charge in [-0.15, -0.1) is 0 Å². The first kappa shape index (κ1) is 14.3. The lowest BCUT2D eigenvalue weighted by molar-refractivity contribution is 0.329. The first-order valence-electron chi connectivity index (χ1n) is 7.86. The highest BCUT2D eigenvalue weighted by Gasteiger charge is 2.38. The summed E-state index contributed by atoms with van der Waals surface area (Å²) in [7, 11) is 0. The molecule has 0 amide bonds. The van der Waals surface area contributed by atoms with Crippen LogP contribution < -0.4 is 5.73 Å². The Morgan fingerprint density at radius 2 is 1.90 bits per heavy atom. The third kappa shape index (κ3) is 2.48. The standard InChI is InChI=1S/C17H23N3O/c1-3-17(4-2,13-8-6-5-7-9-13)16-19-15(21-20-16)14(18)12-10-11-12/h5-9,12,14H,3-4,10-11,18H2,1-2H3. The highest BCUT2D eigenvalue weighted by atomic mass is 16.5. The smallest absolute Gasteiger partial charge is 0.243 e. The first-order valence-corrected chi connectivity index (χ1v) is 7.86. The van der Waals surface area contributed by atoms with E-state index in [1.54, 1.807) is 0 Å². The molecular formula is C17H23N3O. The Kier molecular flexibility index (Phi) is 3.81. The molecule has 0 saturated heterocycles. The molecule has 4 heteroatoms. The number of hydrogen-bond acceptors (Lipinski definition) is 4. The highest BCUT2D eigenvalue weighted by Crippen LogP contribution is 2.41. The largest absolute Gasteiger partial charge is 0.338 e. The zero-order chi connectivity index (χ0) is 14.9. The molecule has 4 nitrogen and oxygen atoms in total. The van der Waals surface area contributed by atoms with Gasteiger partial charge in [-0.2, -0.15) is 4.98 Å². The van der Waals surface area contributed by atoms with Crippen molar-refractivity contribution in [3.05, 3.63) is 47.6 Å². The van der Waals surface area contributed by atoms with Crippen LogP contribution in [-0.2, 0) is 5.41 Å². The van der Waals surface area contributed by atoms with Gasteiger partial charge in [-0.3, -0.25) is 0 Å². The lowest BCUT2D eigenvalue weighted by Gasteiger charge is -2.28. The molecule has 0 bridgehead atoms. The molecule has 2 aromatic rings. The van der Waals surface area contributed by atoms with Gasteiger partial charge >= 0.3 is 0 Å². The van der Waals surface area contributed by atoms with Crippen molar-refractivity contribution in [2.45, 2.75) is 51.0 Å². The van der Waals surface area contributed by atoms with E-state index in [2.05, 4.69) is 48.3 Å². The molecule has 1 atom stereocenters. The van der Waals surface area contributed by atoms with Crippen LogP contribution in [0.1, 0.15) is 62.9 Å². The zero-order valence-electron chi connectivity index (χ0n) is 12.7. The minimum atomic E-state index is -0.188. The maximum absolute atomic E-state index is 6.18. The topological polar surface area (TPSA) is 64.9 Å². The third-order valence-corrected chi connectivity index (χ3v) is 4.82. The predicted octanol–water partition coefficient (Wildman–Crippen LogP) is 3.59. The molecule has 112 valence electrons. The van der Waals surface area contributed by atoms with Crippen LogP contribution in [0.2, 0.25) is 0 Å². The van der Waals surface area contributed by atoms with E-state index in [4.69, 9.17) is 10.3 Å². The second kappa shape index (κ2) is 5.60. The number of aromatic nitrogens is 2. The van der Waals surface area contributed by atoms with E-state index in [1.165, 1.54) is 18.4 Å². The van der Waals surface area contributed by atoms with E-state index >= 15 is 0 Å². The molecule has 1 aromatic carbocycles. The summed E-state index contributed by atoms with van der Waals surface area (Å²) < 4.78 is 5.47. The van der Waals surface area contributed by atoms with Crippen molar-refractivity contribution >= 4 is 0 Å². The van der Waals surface area contributed by atoms with Gasteiger partial charge in [-0.25, -0.2) is 0 Å². The minimum Gasteiger partial charge on any atom is -0.338 e. The van der Waals surface area contributed by atoms with Gasteiger partial charge in [0.25, 0.3) is 0 Å². The number of nitrogens with zero attached hydrogens (tertiary/aromatic N) is 2. The molecule has 0 spiro atoms. The summed E-state index contributed by atoms with van der Waals surface area (Å²) in [6.07, 6.45) is 4.21. The van der Waals surface area contributed by atoms with Crippen LogP contribution in [0.15, 0.2) is 34.9 Å². The van der Waals surface area contributed by atoms with Crippen molar-refractivity contribution in [2.75, 3.05) is 0 Å². The van der Waals surface area contributed by atoms with Crippen LogP contribution in [0.4, 0.5) is 0 Å². The van der Waals surface area contributed by atoms with Crippen molar-refractivity contribution < 1.29 is 4.52 Å². The molecule has 2 N–H and O–H groups in total. The lowest BCUT2D eigenvalue weighted by atomic mass is 9.75. The first-order chi connectivity index (χ1) is 10.2. The summed E-state index contributed by atoms with van der Waals surface area (Å²) in [4.78, 5) is 4.66. The Morgan fingerprint density at radius 1 is 1.24 bits per heavy atom. The van der Waals surface area contributed by atoms with Gasteiger partial charge in [-0.1, -0.05) is 49.3 Å². The Balaban J connectivity index is 1.97. The van der Waals surface area contributed by atoms with E-state index < -0.39 is 0 Å². The Bertz CT molecular complexity index is 585.